The molecule has 0 bridgehead atoms. The zero-order valence-electron chi connectivity index (χ0n) is 12.7. The van der Waals surface area contributed by atoms with E-state index in [1.54, 1.807) is 7.11 Å². The predicted octanol–water partition coefficient (Wildman–Crippen LogP) is 4.17. The summed E-state index contributed by atoms with van der Waals surface area (Å²) >= 11 is 6.14. The quantitative estimate of drug-likeness (QED) is 0.785. The summed E-state index contributed by atoms with van der Waals surface area (Å²) in [5, 5.41) is 8.97. The number of fused-ring (bicyclic) bond motifs is 1. The highest BCUT2D eigenvalue weighted by atomic mass is 35.5. The van der Waals surface area contributed by atoms with Gasteiger partial charge in [-0.2, -0.15) is 5.10 Å². The van der Waals surface area contributed by atoms with Gasteiger partial charge in [0.05, 0.1) is 12.8 Å². The first-order chi connectivity index (χ1) is 11.3. The van der Waals surface area contributed by atoms with E-state index in [0.29, 0.717) is 5.02 Å². The Morgan fingerprint density at radius 2 is 2.04 bits per heavy atom. The first-order valence-electron chi connectivity index (χ1n) is 7.53. The van der Waals surface area contributed by atoms with Gasteiger partial charge in [-0.3, -0.25) is 0 Å². The van der Waals surface area contributed by atoms with Gasteiger partial charge in [0.2, 0.25) is 0 Å². The van der Waals surface area contributed by atoms with Gasteiger partial charge in [-0.05, 0) is 36.8 Å². The minimum Gasteiger partial charge on any atom is -0.496 e. The van der Waals surface area contributed by atoms with Crippen LogP contribution in [0.3, 0.4) is 0 Å². The number of nitrogens with zero attached hydrogens (tertiary/aromatic N) is 2. The molecule has 4 nitrogen and oxygen atoms in total. The molecule has 0 radical (unpaired) electrons. The van der Waals surface area contributed by atoms with Gasteiger partial charge in [0, 0.05) is 22.7 Å². The lowest BCUT2D eigenvalue weighted by molar-refractivity contribution is 0.416. The zero-order valence-corrected chi connectivity index (χ0v) is 13.5. The number of hydrogen-bond acceptors (Lipinski definition) is 3. The molecule has 2 aromatic carbocycles. The smallest absolute Gasteiger partial charge is 0.133 e. The lowest BCUT2D eigenvalue weighted by Crippen LogP contribution is -2.04. The molecule has 0 amide bonds. The molecular formula is C18H16ClN3O. The maximum atomic E-state index is 6.14. The average Bonchev–Trinajstić information content (AvgIpc) is 3.17. The monoisotopic (exact) mass is 325 g/mol. The van der Waals surface area contributed by atoms with Crippen LogP contribution in [0.25, 0.3) is 16.9 Å². The summed E-state index contributed by atoms with van der Waals surface area (Å²) in [5.74, 6) is 1.87. The van der Waals surface area contributed by atoms with E-state index < -0.39 is 0 Å². The standard InChI is InChI=1S/C18H16ClN3O/c1-23-16-8-3-2-7-14(16)17-15-9-10-20-18(15)22(21-17)13-6-4-5-12(19)11-13/h2-8,11,20H,9-10H2,1H3. The first kappa shape index (κ1) is 14.2. The fraction of sp³-hybridized carbons (Fsp3) is 0.167. The Labute approximate surface area is 139 Å². The van der Waals surface area contributed by atoms with Gasteiger partial charge in [0.25, 0.3) is 0 Å². The summed E-state index contributed by atoms with van der Waals surface area (Å²) in [7, 11) is 1.69. The molecule has 5 heteroatoms. The summed E-state index contributed by atoms with van der Waals surface area (Å²) in [6, 6.07) is 15.7. The van der Waals surface area contributed by atoms with E-state index in [4.69, 9.17) is 21.4 Å². The molecule has 2 heterocycles. The number of benzene rings is 2. The second kappa shape index (κ2) is 5.63. The number of halogens is 1. The predicted molar refractivity (Wildman–Crippen MR) is 92.8 cm³/mol. The highest BCUT2D eigenvalue weighted by Crippen LogP contribution is 2.38. The van der Waals surface area contributed by atoms with Crippen molar-refractivity contribution in [2.24, 2.45) is 0 Å². The van der Waals surface area contributed by atoms with Crippen molar-refractivity contribution in [3.05, 3.63) is 59.1 Å². The molecule has 23 heavy (non-hydrogen) atoms. The SMILES string of the molecule is COc1ccccc1-c1nn(-c2cccc(Cl)c2)c2c1CCN2. The third kappa shape index (κ3) is 2.35. The lowest BCUT2D eigenvalue weighted by atomic mass is 10.1. The highest BCUT2D eigenvalue weighted by molar-refractivity contribution is 6.30. The molecule has 0 fully saturated rings. The molecule has 0 aliphatic carbocycles. The Morgan fingerprint density at radius 3 is 2.87 bits per heavy atom. The Hall–Kier alpha value is -2.46. The maximum absolute atomic E-state index is 6.14. The van der Waals surface area contributed by atoms with E-state index in [-0.39, 0.29) is 0 Å². The first-order valence-corrected chi connectivity index (χ1v) is 7.91. The molecule has 0 saturated carbocycles. The number of para-hydroxylation sites is 1. The number of anilines is 1. The van der Waals surface area contributed by atoms with Crippen LogP contribution in [0.15, 0.2) is 48.5 Å². The van der Waals surface area contributed by atoms with Crippen LogP contribution in [-0.4, -0.2) is 23.4 Å². The Bertz CT molecular complexity index is 872. The molecule has 3 aromatic rings. The number of hydrogen-bond donors (Lipinski definition) is 1. The van der Waals surface area contributed by atoms with Crippen molar-refractivity contribution in [3.8, 4) is 22.7 Å². The van der Waals surface area contributed by atoms with E-state index in [0.717, 1.165) is 41.5 Å². The molecule has 116 valence electrons. The normalized spacial score (nSPS) is 12.8. The van der Waals surface area contributed by atoms with Crippen molar-refractivity contribution in [3.63, 3.8) is 0 Å². The molecule has 0 saturated heterocycles. The number of rotatable bonds is 3. The fourth-order valence-electron chi connectivity index (χ4n) is 3.03. The number of methoxy groups -OCH3 is 1. The van der Waals surface area contributed by atoms with Gasteiger partial charge >= 0.3 is 0 Å². The molecule has 0 unspecified atom stereocenters. The zero-order chi connectivity index (χ0) is 15.8. The van der Waals surface area contributed by atoms with Crippen molar-refractivity contribution in [1.29, 1.82) is 0 Å². The van der Waals surface area contributed by atoms with E-state index >= 15 is 0 Å². The van der Waals surface area contributed by atoms with Crippen LogP contribution < -0.4 is 10.1 Å². The molecule has 1 aliphatic heterocycles. The Balaban J connectivity index is 1.92. The molecule has 4 rings (SSSR count). The number of ether oxygens (including phenoxy) is 1. The number of nitrogens with one attached hydrogen (secondary N) is 1. The van der Waals surface area contributed by atoms with Crippen LogP contribution in [-0.2, 0) is 6.42 Å². The van der Waals surface area contributed by atoms with Crippen LogP contribution in [0.5, 0.6) is 5.75 Å². The van der Waals surface area contributed by atoms with Gasteiger partial charge in [-0.1, -0.05) is 29.8 Å². The summed E-state index contributed by atoms with van der Waals surface area (Å²) in [4.78, 5) is 0. The highest BCUT2D eigenvalue weighted by Gasteiger charge is 2.25. The average molecular weight is 326 g/mol. The second-order valence-corrected chi connectivity index (χ2v) is 5.88. The van der Waals surface area contributed by atoms with Crippen LogP contribution in [0, 0.1) is 0 Å². The van der Waals surface area contributed by atoms with Gasteiger partial charge in [-0.25, -0.2) is 4.68 Å². The van der Waals surface area contributed by atoms with Crippen molar-refractivity contribution in [2.75, 3.05) is 19.0 Å². The Kier molecular flexibility index (Phi) is 3.46. The third-order valence-corrected chi connectivity index (χ3v) is 4.30. The minimum atomic E-state index is 0.698. The van der Waals surface area contributed by atoms with Crippen molar-refractivity contribution in [2.45, 2.75) is 6.42 Å². The van der Waals surface area contributed by atoms with Gasteiger partial charge < -0.3 is 10.1 Å². The van der Waals surface area contributed by atoms with E-state index in [1.165, 1.54) is 5.56 Å². The molecule has 1 aromatic heterocycles. The van der Waals surface area contributed by atoms with Gasteiger partial charge in [0.15, 0.2) is 0 Å². The minimum absolute atomic E-state index is 0.698. The second-order valence-electron chi connectivity index (χ2n) is 5.44. The molecule has 1 N–H and O–H groups in total. The van der Waals surface area contributed by atoms with E-state index in [1.807, 2.05) is 53.2 Å². The molecule has 0 atom stereocenters. The van der Waals surface area contributed by atoms with Gasteiger partial charge in [0.1, 0.15) is 17.3 Å². The summed E-state index contributed by atoms with van der Waals surface area (Å²) in [5.41, 5.74) is 4.14. The summed E-state index contributed by atoms with van der Waals surface area (Å²) < 4.78 is 7.43. The Morgan fingerprint density at radius 1 is 1.17 bits per heavy atom. The summed E-state index contributed by atoms with van der Waals surface area (Å²) in [6.07, 6.45) is 0.948. The largest absolute Gasteiger partial charge is 0.496 e. The fourth-order valence-corrected chi connectivity index (χ4v) is 3.21. The summed E-state index contributed by atoms with van der Waals surface area (Å²) in [6.45, 7) is 0.913. The molecule has 1 aliphatic rings. The van der Waals surface area contributed by atoms with Crippen LogP contribution in [0.2, 0.25) is 5.02 Å². The van der Waals surface area contributed by atoms with E-state index in [2.05, 4.69) is 5.32 Å². The third-order valence-electron chi connectivity index (χ3n) is 4.07. The van der Waals surface area contributed by atoms with Crippen molar-refractivity contribution < 1.29 is 4.74 Å². The van der Waals surface area contributed by atoms with Crippen molar-refractivity contribution in [1.82, 2.24) is 9.78 Å². The maximum Gasteiger partial charge on any atom is 0.133 e. The lowest BCUT2D eigenvalue weighted by Gasteiger charge is -2.08. The number of aromatic nitrogens is 2. The topological polar surface area (TPSA) is 39.1 Å². The van der Waals surface area contributed by atoms with Crippen LogP contribution >= 0.6 is 11.6 Å². The van der Waals surface area contributed by atoms with Crippen LogP contribution in [0.1, 0.15) is 5.56 Å². The van der Waals surface area contributed by atoms with Crippen LogP contribution in [0.4, 0.5) is 5.82 Å². The van der Waals surface area contributed by atoms with E-state index in [9.17, 15) is 0 Å². The van der Waals surface area contributed by atoms with Crippen molar-refractivity contribution >= 4 is 17.4 Å². The molecule has 0 spiro atoms. The molecular weight excluding hydrogens is 310 g/mol. The van der Waals surface area contributed by atoms with Gasteiger partial charge in [-0.15, -0.1) is 0 Å².